The molecule has 3 heterocycles. The van der Waals surface area contributed by atoms with Gasteiger partial charge in [0.2, 0.25) is 10.0 Å². The van der Waals surface area contributed by atoms with E-state index >= 15 is 0 Å². The second kappa shape index (κ2) is 9.23. The largest absolute Gasteiger partial charge is 0.241 e. The average molecular weight is 514 g/mol. The van der Waals surface area contributed by atoms with Gasteiger partial charge in [-0.2, -0.15) is 5.10 Å². The van der Waals surface area contributed by atoms with E-state index in [1.54, 1.807) is 12.3 Å². The van der Waals surface area contributed by atoms with Crippen molar-refractivity contribution < 1.29 is 17.2 Å². The van der Waals surface area contributed by atoms with E-state index in [0.29, 0.717) is 31.8 Å². The van der Waals surface area contributed by atoms with E-state index in [2.05, 4.69) is 29.0 Å². The van der Waals surface area contributed by atoms with E-state index in [9.17, 15) is 17.2 Å². The summed E-state index contributed by atoms with van der Waals surface area (Å²) in [4.78, 5) is 9.47. The molecular formula is C26H29F2N5O2S. The standard InChI is InChI=1S/C26H29F2N5O2S/c1-4-16-15-26(2,24-18(16)14-21(31-32-24)23-19(27)6-5-7-20(23)28)22-8-11-29-25(30-22)17-9-12-33(13-10-17)36(3,34)35/h5-8,11,14,16-17H,4,9-10,12-13,15H2,1-3H3/t16-,26?/m1/s1. The van der Waals surface area contributed by atoms with Crippen LogP contribution < -0.4 is 0 Å². The fourth-order valence-electron chi connectivity index (χ4n) is 5.62. The molecule has 0 N–H and O–H groups in total. The molecule has 0 amide bonds. The average Bonchev–Trinajstić information content (AvgIpc) is 3.16. The molecule has 2 atom stereocenters. The normalized spacial score (nSPS) is 23.1. The lowest BCUT2D eigenvalue weighted by atomic mass is 9.82. The second-order valence-electron chi connectivity index (χ2n) is 10.0. The molecule has 5 rings (SSSR count). The lowest BCUT2D eigenvalue weighted by Gasteiger charge is -2.30. The zero-order valence-corrected chi connectivity index (χ0v) is 21.4. The fourth-order valence-corrected chi connectivity index (χ4v) is 6.50. The SMILES string of the molecule is CC[C@@H]1CC(C)(c2ccnc(C3CCN(S(C)(=O)=O)CC3)n2)c2nnc(-c3c(F)cccc3F)cc21. The number of halogens is 2. The van der Waals surface area contributed by atoms with Crippen molar-refractivity contribution in [2.75, 3.05) is 19.3 Å². The molecule has 1 saturated heterocycles. The summed E-state index contributed by atoms with van der Waals surface area (Å²) in [5.74, 6) is -0.403. The Hall–Kier alpha value is -2.85. The summed E-state index contributed by atoms with van der Waals surface area (Å²) >= 11 is 0. The Bertz CT molecular complexity index is 1390. The molecule has 7 nitrogen and oxygen atoms in total. The van der Waals surface area contributed by atoms with E-state index in [1.807, 2.05) is 6.07 Å². The molecule has 0 spiro atoms. The molecule has 1 aliphatic carbocycles. The van der Waals surface area contributed by atoms with Crippen LogP contribution in [0.1, 0.15) is 74.1 Å². The third-order valence-electron chi connectivity index (χ3n) is 7.68. The van der Waals surface area contributed by atoms with Gasteiger partial charge in [0.25, 0.3) is 0 Å². The van der Waals surface area contributed by atoms with Gasteiger partial charge in [-0.15, -0.1) is 5.10 Å². The van der Waals surface area contributed by atoms with E-state index in [1.165, 1.54) is 28.8 Å². The first-order valence-electron chi connectivity index (χ1n) is 12.2. The summed E-state index contributed by atoms with van der Waals surface area (Å²) in [6.45, 7) is 5.08. The molecule has 10 heteroatoms. The lowest BCUT2D eigenvalue weighted by molar-refractivity contribution is 0.314. The quantitative estimate of drug-likeness (QED) is 0.497. The van der Waals surface area contributed by atoms with Gasteiger partial charge in [0, 0.05) is 25.2 Å². The van der Waals surface area contributed by atoms with Gasteiger partial charge in [-0.05, 0) is 68.4 Å². The number of fused-ring (bicyclic) bond motifs is 1. The zero-order chi connectivity index (χ0) is 25.7. The summed E-state index contributed by atoms with van der Waals surface area (Å²) in [5, 5.41) is 8.75. The van der Waals surface area contributed by atoms with Crippen LogP contribution in [0.3, 0.4) is 0 Å². The van der Waals surface area contributed by atoms with Crippen LogP contribution in [0.4, 0.5) is 8.78 Å². The molecule has 36 heavy (non-hydrogen) atoms. The smallest absolute Gasteiger partial charge is 0.211 e. The molecule has 3 aromatic rings. The van der Waals surface area contributed by atoms with Crippen molar-refractivity contribution >= 4 is 10.0 Å². The zero-order valence-electron chi connectivity index (χ0n) is 20.6. The van der Waals surface area contributed by atoms with Gasteiger partial charge in [-0.25, -0.2) is 31.5 Å². The number of benzene rings is 1. The van der Waals surface area contributed by atoms with Crippen molar-refractivity contribution in [3.05, 3.63) is 70.9 Å². The van der Waals surface area contributed by atoms with Crippen LogP contribution >= 0.6 is 0 Å². The van der Waals surface area contributed by atoms with Crippen molar-refractivity contribution in [3.63, 3.8) is 0 Å². The number of piperidine rings is 1. The van der Waals surface area contributed by atoms with E-state index < -0.39 is 27.1 Å². The van der Waals surface area contributed by atoms with Gasteiger partial charge in [0.1, 0.15) is 17.5 Å². The summed E-state index contributed by atoms with van der Waals surface area (Å²) in [5.41, 5.74) is 2.03. The number of aromatic nitrogens is 4. The lowest BCUT2D eigenvalue weighted by Crippen LogP contribution is -2.37. The van der Waals surface area contributed by atoms with Gasteiger partial charge >= 0.3 is 0 Å². The number of nitrogens with zero attached hydrogens (tertiary/aromatic N) is 5. The van der Waals surface area contributed by atoms with Gasteiger partial charge in [-0.1, -0.05) is 13.0 Å². The maximum absolute atomic E-state index is 14.4. The van der Waals surface area contributed by atoms with Crippen LogP contribution in [-0.4, -0.2) is 52.2 Å². The maximum atomic E-state index is 14.4. The Morgan fingerprint density at radius 3 is 2.44 bits per heavy atom. The van der Waals surface area contributed by atoms with Crippen molar-refractivity contribution in [1.29, 1.82) is 0 Å². The van der Waals surface area contributed by atoms with Crippen LogP contribution in [0.15, 0.2) is 36.5 Å². The van der Waals surface area contributed by atoms with Gasteiger partial charge in [0.05, 0.1) is 34.3 Å². The van der Waals surface area contributed by atoms with Crippen molar-refractivity contribution in [1.82, 2.24) is 24.5 Å². The van der Waals surface area contributed by atoms with Crippen LogP contribution in [0.5, 0.6) is 0 Å². The molecular weight excluding hydrogens is 484 g/mol. The highest BCUT2D eigenvalue weighted by Gasteiger charge is 2.44. The number of rotatable bonds is 5. The second-order valence-corrected chi connectivity index (χ2v) is 12.0. The summed E-state index contributed by atoms with van der Waals surface area (Å²) in [6, 6.07) is 7.43. The van der Waals surface area contributed by atoms with Crippen molar-refractivity contribution in [3.8, 4) is 11.3 Å². The molecule has 0 bridgehead atoms. The van der Waals surface area contributed by atoms with E-state index in [4.69, 9.17) is 4.98 Å². The predicted octanol–water partition coefficient (Wildman–Crippen LogP) is 4.55. The van der Waals surface area contributed by atoms with Crippen LogP contribution in [0, 0.1) is 11.6 Å². The third-order valence-corrected chi connectivity index (χ3v) is 8.98. The predicted molar refractivity (Wildman–Crippen MR) is 132 cm³/mol. The molecule has 1 aliphatic heterocycles. The molecule has 2 aliphatic rings. The minimum atomic E-state index is -3.20. The highest BCUT2D eigenvalue weighted by molar-refractivity contribution is 7.88. The highest BCUT2D eigenvalue weighted by Crippen LogP contribution is 2.50. The summed E-state index contributed by atoms with van der Waals surface area (Å²) in [7, 11) is -3.20. The summed E-state index contributed by atoms with van der Waals surface area (Å²) in [6.07, 6.45) is 5.91. The monoisotopic (exact) mass is 513 g/mol. The highest BCUT2D eigenvalue weighted by atomic mass is 32.2. The van der Waals surface area contributed by atoms with E-state index in [0.717, 1.165) is 29.8 Å². The van der Waals surface area contributed by atoms with Gasteiger partial charge in [-0.3, -0.25) is 0 Å². The van der Waals surface area contributed by atoms with Crippen LogP contribution in [0.2, 0.25) is 0 Å². The molecule has 2 aromatic heterocycles. The topological polar surface area (TPSA) is 88.9 Å². The fraction of sp³-hybridized carbons (Fsp3) is 0.462. The molecule has 1 unspecified atom stereocenters. The Morgan fingerprint density at radius 1 is 1.11 bits per heavy atom. The van der Waals surface area contributed by atoms with Crippen molar-refractivity contribution in [2.45, 2.75) is 56.8 Å². The number of hydrogen-bond donors (Lipinski definition) is 0. The van der Waals surface area contributed by atoms with Crippen molar-refractivity contribution in [2.24, 2.45) is 0 Å². The van der Waals surface area contributed by atoms with Gasteiger partial charge < -0.3 is 0 Å². The Morgan fingerprint density at radius 2 is 1.81 bits per heavy atom. The first kappa shape index (κ1) is 24.8. The first-order chi connectivity index (χ1) is 17.1. The van der Waals surface area contributed by atoms with Crippen LogP contribution in [0.25, 0.3) is 11.3 Å². The molecule has 1 aromatic carbocycles. The summed E-state index contributed by atoms with van der Waals surface area (Å²) < 4.78 is 54.1. The van der Waals surface area contributed by atoms with Crippen LogP contribution in [-0.2, 0) is 15.4 Å². The molecule has 1 fully saturated rings. The number of sulfonamides is 1. The maximum Gasteiger partial charge on any atom is 0.211 e. The molecule has 0 saturated carbocycles. The molecule has 190 valence electrons. The van der Waals surface area contributed by atoms with Gasteiger partial charge in [0.15, 0.2) is 0 Å². The Labute approximate surface area is 210 Å². The first-order valence-corrected chi connectivity index (χ1v) is 14.1. The Balaban J connectivity index is 1.49. The Kier molecular flexibility index (Phi) is 6.36. The van der Waals surface area contributed by atoms with E-state index in [-0.39, 0.29) is 23.1 Å². The number of hydrogen-bond acceptors (Lipinski definition) is 6. The minimum Gasteiger partial charge on any atom is -0.241 e. The third kappa shape index (κ3) is 4.30. The molecule has 0 radical (unpaired) electrons. The minimum absolute atomic E-state index is 0.0758.